The molecule has 1 aromatic carbocycles. The third kappa shape index (κ3) is 3.68. The first kappa shape index (κ1) is 15.9. The van der Waals surface area contributed by atoms with Crippen LogP contribution in [0.1, 0.15) is 23.1 Å². The molecule has 0 fully saturated rings. The Morgan fingerprint density at radius 1 is 1.26 bits per heavy atom. The molecule has 0 aliphatic rings. The van der Waals surface area contributed by atoms with E-state index in [0.717, 1.165) is 11.1 Å². The molecule has 5 nitrogen and oxygen atoms in total. The fourth-order valence-corrected chi connectivity index (χ4v) is 3.58. The third-order valence-corrected chi connectivity index (χ3v) is 4.90. The molecule has 19 heavy (non-hydrogen) atoms. The van der Waals surface area contributed by atoms with E-state index in [4.69, 9.17) is 10.5 Å². The Balaban J connectivity index is 3.08. The van der Waals surface area contributed by atoms with Crippen molar-refractivity contribution in [1.82, 2.24) is 4.72 Å². The smallest absolute Gasteiger partial charge is 0.241 e. The van der Waals surface area contributed by atoms with E-state index in [1.807, 2.05) is 6.92 Å². The monoisotopic (exact) mass is 286 g/mol. The summed E-state index contributed by atoms with van der Waals surface area (Å²) in [5.74, 6) is 0. The molecule has 0 radical (unpaired) electrons. The van der Waals surface area contributed by atoms with Crippen molar-refractivity contribution in [1.29, 1.82) is 0 Å². The van der Waals surface area contributed by atoms with Crippen LogP contribution in [0.15, 0.2) is 11.0 Å². The second-order valence-corrected chi connectivity index (χ2v) is 6.31. The van der Waals surface area contributed by atoms with Crippen LogP contribution in [0.2, 0.25) is 0 Å². The fourth-order valence-electron chi connectivity index (χ4n) is 1.94. The maximum absolute atomic E-state index is 12.3. The molecule has 3 N–H and O–H groups in total. The van der Waals surface area contributed by atoms with Crippen LogP contribution >= 0.6 is 0 Å². The number of methoxy groups -OCH3 is 1. The number of nitrogens with two attached hydrogens (primary N) is 1. The molecule has 0 saturated carbocycles. The van der Waals surface area contributed by atoms with Crippen molar-refractivity contribution in [2.45, 2.75) is 32.1 Å². The Morgan fingerprint density at radius 2 is 1.89 bits per heavy atom. The lowest BCUT2D eigenvalue weighted by Crippen LogP contribution is -2.27. The standard InChI is InChI=1S/C13H22N2O3S/c1-9-8-12(14)11(3)13(10(9)2)19(16,17)15-6-5-7-18-4/h8,15H,5-7,14H2,1-4H3. The summed E-state index contributed by atoms with van der Waals surface area (Å²) in [4.78, 5) is 0.294. The van der Waals surface area contributed by atoms with Crippen molar-refractivity contribution in [2.24, 2.45) is 0 Å². The molecule has 0 bridgehead atoms. The molecule has 108 valence electrons. The Kier molecular flexibility index (Phi) is 5.34. The van der Waals surface area contributed by atoms with Crippen molar-refractivity contribution in [2.75, 3.05) is 26.0 Å². The number of rotatable bonds is 6. The van der Waals surface area contributed by atoms with E-state index in [1.165, 1.54) is 0 Å². The second-order valence-electron chi connectivity index (χ2n) is 4.61. The van der Waals surface area contributed by atoms with Gasteiger partial charge in [0.05, 0.1) is 4.90 Å². The van der Waals surface area contributed by atoms with E-state index in [1.54, 1.807) is 27.0 Å². The summed E-state index contributed by atoms with van der Waals surface area (Å²) in [6.45, 7) is 6.26. The number of hydrogen-bond donors (Lipinski definition) is 2. The molecular formula is C13H22N2O3S. The lowest BCUT2D eigenvalue weighted by Gasteiger charge is -2.15. The average molecular weight is 286 g/mol. The van der Waals surface area contributed by atoms with E-state index >= 15 is 0 Å². The van der Waals surface area contributed by atoms with Gasteiger partial charge in [-0.05, 0) is 49.9 Å². The van der Waals surface area contributed by atoms with Gasteiger partial charge >= 0.3 is 0 Å². The minimum absolute atomic E-state index is 0.294. The van der Waals surface area contributed by atoms with Crippen LogP contribution in [0.3, 0.4) is 0 Å². The number of benzene rings is 1. The molecule has 0 atom stereocenters. The Labute approximate surface area is 115 Å². The van der Waals surface area contributed by atoms with E-state index in [2.05, 4.69) is 4.72 Å². The zero-order valence-electron chi connectivity index (χ0n) is 11.9. The van der Waals surface area contributed by atoms with Crippen molar-refractivity contribution < 1.29 is 13.2 Å². The Bertz CT molecular complexity index is 527. The van der Waals surface area contributed by atoms with Crippen LogP contribution in [0.5, 0.6) is 0 Å². The van der Waals surface area contributed by atoms with Gasteiger partial charge in [-0.2, -0.15) is 0 Å². The van der Waals surface area contributed by atoms with Gasteiger partial charge in [-0.3, -0.25) is 0 Å². The van der Waals surface area contributed by atoms with Crippen molar-refractivity contribution in [3.8, 4) is 0 Å². The maximum Gasteiger partial charge on any atom is 0.241 e. The average Bonchev–Trinajstić information content (AvgIpc) is 2.32. The highest BCUT2D eigenvalue weighted by Gasteiger charge is 2.21. The van der Waals surface area contributed by atoms with Crippen LogP contribution in [0.25, 0.3) is 0 Å². The molecule has 0 aromatic heterocycles. The zero-order valence-corrected chi connectivity index (χ0v) is 12.7. The number of anilines is 1. The first-order chi connectivity index (χ1) is 8.81. The predicted octanol–water partition coefficient (Wildman–Crippen LogP) is 1.51. The van der Waals surface area contributed by atoms with Gasteiger partial charge in [0.2, 0.25) is 10.0 Å². The van der Waals surface area contributed by atoms with Crippen LogP contribution in [0.4, 0.5) is 5.69 Å². The molecule has 0 saturated heterocycles. The normalized spacial score (nSPS) is 11.8. The molecular weight excluding hydrogens is 264 g/mol. The van der Waals surface area contributed by atoms with E-state index in [9.17, 15) is 8.42 Å². The number of sulfonamides is 1. The first-order valence-electron chi connectivity index (χ1n) is 6.16. The second kappa shape index (κ2) is 6.36. The highest BCUT2D eigenvalue weighted by atomic mass is 32.2. The van der Waals surface area contributed by atoms with Crippen LogP contribution in [0, 0.1) is 20.8 Å². The number of aryl methyl sites for hydroxylation is 1. The van der Waals surface area contributed by atoms with Gasteiger partial charge in [0.1, 0.15) is 0 Å². The molecule has 0 aliphatic heterocycles. The van der Waals surface area contributed by atoms with Gasteiger partial charge in [-0.15, -0.1) is 0 Å². The predicted molar refractivity (Wildman–Crippen MR) is 76.7 cm³/mol. The van der Waals surface area contributed by atoms with Gasteiger partial charge in [-0.25, -0.2) is 13.1 Å². The summed E-state index contributed by atoms with van der Waals surface area (Å²) in [5, 5.41) is 0. The van der Waals surface area contributed by atoms with Crippen molar-refractivity contribution in [3.63, 3.8) is 0 Å². The third-order valence-electron chi connectivity index (χ3n) is 3.16. The van der Waals surface area contributed by atoms with E-state index in [0.29, 0.717) is 35.7 Å². The van der Waals surface area contributed by atoms with Gasteiger partial charge in [-0.1, -0.05) is 0 Å². The van der Waals surface area contributed by atoms with Crippen LogP contribution < -0.4 is 10.5 Å². The topological polar surface area (TPSA) is 81.4 Å². The number of nitrogens with one attached hydrogen (secondary N) is 1. The summed E-state index contributed by atoms with van der Waals surface area (Å²) in [7, 11) is -1.95. The minimum Gasteiger partial charge on any atom is -0.398 e. The number of nitrogen functional groups attached to an aromatic ring is 1. The molecule has 1 rings (SSSR count). The zero-order chi connectivity index (χ0) is 14.6. The van der Waals surface area contributed by atoms with Crippen LogP contribution in [-0.2, 0) is 14.8 Å². The summed E-state index contributed by atoms with van der Waals surface area (Å²) in [5.41, 5.74) is 8.57. The SMILES string of the molecule is COCCCNS(=O)(=O)c1c(C)c(C)cc(N)c1C. The largest absolute Gasteiger partial charge is 0.398 e. The van der Waals surface area contributed by atoms with Crippen LogP contribution in [-0.4, -0.2) is 28.7 Å². The van der Waals surface area contributed by atoms with Gasteiger partial charge in [0.25, 0.3) is 0 Å². The summed E-state index contributed by atoms with van der Waals surface area (Å²) >= 11 is 0. The maximum atomic E-state index is 12.3. The highest BCUT2D eigenvalue weighted by Crippen LogP contribution is 2.27. The molecule has 0 amide bonds. The summed E-state index contributed by atoms with van der Waals surface area (Å²) in [6, 6.07) is 1.80. The summed E-state index contributed by atoms with van der Waals surface area (Å²) in [6.07, 6.45) is 0.634. The number of ether oxygens (including phenoxy) is 1. The van der Waals surface area contributed by atoms with Crippen molar-refractivity contribution >= 4 is 15.7 Å². The van der Waals surface area contributed by atoms with E-state index < -0.39 is 10.0 Å². The lowest BCUT2D eigenvalue weighted by atomic mass is 10.1. The highest BCUT2D eigenvalue weighted by molar-refractivity contribution is 7.89. The Morgan fingerprint density at radius 3 is 2.47 bits per heavy atom. The molecule has 6 heteroatoms. The quantitative estimate of drug-likeness (QED) is 0.613. The molecule has 1 aromatic rings. The number of hydrogen-bond acceptors (Lipinski definition) is 4. The lowest BCUT2D eigenvalue weighted by molar-refractivity contribution is 0.196. The van der Waals surface area contributed by atoms with Crippen molar-refractivity contribution in [3.05, 3.63) is 22.8 Å². The molecule has 0 spiro atoms. The fraction of sp³-hybridized carbons (Fsp3) is 0.538. The summed E-state index contributed by atoms with van der Waals surface area (Å²) < 4.78 is 32.1. The molecule has 0 aliphatic carbocycles. The molecule has 0 heterocycles. The minimum atomic E-state index is -3.53. The van der Waals surface area contributed by atoms with Gasteiger partial charge < -0.3 is 10.5 Å². The molecule has 0 unspecified atom stereocenters. The Hall–Kier alpha value is -1.11. The first-order valence-corrected chi connectivity index (χ1v) is 7.64. The van der Waals surface area contributed by atoms with E-state index in [-0.39, 0.29) is 0 Å². The van der Waals surface area contributed by atoms with Gasteiger partial charge in [0, 0.05) is 25.9 Å². The van der Waals surface area contributed by atoms with Gasteiger partial charge in [0.15, 0.2) is 0 Å².